The van der Waals surface area contributed by atoms with Crippen molar-refractivity contribution in [2.45, 2.75) is 83.7 Å². The van der Waals surface area contributed by atoms with Crippen molar-refractivity contribution < 1.29 is 5.11 Å². The van der Waals surface area contributed by atoms with Gasteiger partial charge in [0, 0.05) is 12.0 Å². The van der Waals surface area contributed by atoms with Crippen LogP contribution in [0.5, 0.6) is 0 Å². The van der Waals surface area contributed by atoms with Crippen molar-refractivity contribution in [2.24, 2.45) is 23.0 Å². The van der Waals surface area contributed by atoms with Crippen LogP contribution in [0.2, 0.25) is 0 Å². The van der Waals surface area contributed by atoms with Crippen LogP contribution in [-0.4, -0.2) is 17.3 Å². The molecular weight excluding hydrogens is 234 g/mol. The van der Waals surface area contributed by atoms with E-state index in [2.05, 4.69) is 13.8 Å². The van der Waals surface area contributed by atoms with Gasteiger partial charge in [-0.15, -0.1) is 0 Å². The first kappa shape index (κ1) is 15.3. The van der Waals surface area contributed by atoms with Crippen molar-refractivity contribution in [1.82, 2.24) is 0 Å². The van der Waals surface area contributed by atoms with E-state index >= 15 is 0 Å². The van der Waals surface area contributed by atoms with Gasteiger partial charge in [-0.05, 0) is 31.1 Å². The summed E-state index contributed by atoms with van der Waals surface area (Å²) in [5, 5.41) is 11.5. The molecule has 2 heteroatoms. The molecule has 0 aromatic rings. The maximum absolute atomic E-state index is 11.5. The number of hydrogen-bond donors (Lipinski definition) is 2. The van der Waals surface area contributed by atoms with Gasteiger partial charge < -0.3 is 10.8 Å². The zero-order valence-corrected chi connectivity index (χ0v) is 13.0. The van der Waals surface area contributed by atoms with E-state index in [0.717, 1.165) is 18.8 Å². The van der Waals surface area contributed by atoms with Gasteiger partial charge in [-0.3, -0.25) is 0 Å². The molecule has 0 aromatic carbocycles. The summed E-state index contributed by atoms with van der Waals surface area (Å²) in [4.78, 5) is 0. The van der Waals surface area contributed by atoms with E-state index in [-0.39, 0.29) is 5.41 Å². The Morgan fingerprint density at radius 1 is 1.11 bits per heavy atom. The molecule has 3 unspecified atom stereocenters. The second kappa shape index (κ2) is 6.13. The minimum atomic E-state index is -0.517. The first-order chi connectivity index (χ1) is 9.07. The van der Waals surface area contributed by atoms with E-state index in [4.69, 9.17) is 5.73 Å². The summed E-state index contributed by atoms with van der Waals surface area (Å²) in [6, 6.07) is 0. The Bertz CT molecular complexity index is 281. The highest BCUT2D eigenvalue weighted by Gasteiger charge is 2.52. The lowest BCUT2D eigenvalue weighted by Gasteiger charge is -2.54. The molecule has 2 nitrogen and oxygen atoms in total. The fourth-order valence-corrected chi connectivity index (χ4v) is 4.72. The van der Waals surface area contributed by atoms with E-state index in [1.54, 1.807) is 0 Å². The molecule has 19 heavy (non-hydrogen) atoms. The summed E-state index contributed by atoms with van der Waals surface area (Å²) in [5.74, 6) is 1.24. The summed E-state index contributed by atoms with van der Waals surface area (Å²) in [6.07, 6.45) is 12.4. The van der Waals surface area contributed by atoms with Crippen LogP contribution in [0.25, 0.3) is 0 Å². The zero-order chi connectivity index (χ0) is 13.9. The molecule has 112 valence electrons. The van der Waals surface area contributed by atoms with Crippen LogP contribution < -0.4 is 5.73 Å². The van der Waals surface area contributed by atoms with Crippen molar-refractivity contribution in [1.29, 1.82) is 0 Å². The summed E-state index contributed by atoms with van der Waals surface area (Å²) in [6.45, 7) is 5.02. The van der Waals surface area contributed by atoms with Crippen molar-refractivity contribution in [2.75, 3.05) is 6.54 Å². The van der Waals surface area contributed by atoms with Gasteiger partial charge in [0.2, 0.25) is 0 Å². The quantitative estimate of drug-likeness (QED) is 0.812. The van der Waals surface area contributed by atoms with Crippen molar-refractivity contribution in [3.8, 4) is 0 Å². The molecule has 0 saturated heterocycles. The molecular formula is C17H33NO. The summed E-state index contributed by atoms with van der Waals surface area (Å²) < 4.78 is 0. The molecule has 0 spiro atoms. The third-order valence-corrected chi connectivity index (χ3v) is 6.43. The molecule has 0 aliphatic heterocycles. The second-order valence-corrected chi connectivity index (χ2v) is 7.29. The lowest BCUT2D eigenvalue weighted by molar-refractivity contribution is -0.158. The highest BCUT2D eigenvalue weighted by molar-refractivity contribution is 5.04. The van der Waals surface area contributed by atoms with Gasteiger partial charge in [0.15, 0.2) is 0 Å². The summed E-state index contributed by atoms with van der Waals surface area (Å²) in [5.41, 5.74) is 5.45. The fourth-order valence-electron chi connectivity index (χ4n) is 4.72. The van der Waals surface area contributed by atoms with Crippen LogP contribution in [0.1, 0.15) is 78.1 Å². The van der Waals surface area contributed by atoms with Crippen LogP contribution in [0.4, 0.5) is 0 Å². The molecule has 2 fully saturated rings. The standard InChI is InChI=1S/C17H33NO/c1-3-16(2,13-18)17(19)12-8-7-11-15(17)14-9-5-4-6-10-14/h14-15,19H,3-13,18H2,1-2H3. The average Bonchev–Trinajstić information content (AvgIpc) is 2.47. The lowest BCUT2D eigenvalue weighted by atomic mass is 9.55. The molecule has 3 N–H and O–H groups in total. The molecule has 3 atom stereocenters. The third-order valence-electron chi connectivity index (χ3n) is 6.43. The summed E-state index contributed by atoms with van der Waals surface area (Å²) in [7, 11) is 0. The SMILES string of the molecule is CCC(C)(CN)C1(O)CCCCC1C1CCCCC1. The van der Waals surface area contributed by atoms with E-state index in [1.165, 1.54) is 51.4 Å². The Labute approximate surface area is 119 Å². The van der Waals surface area contributed by atoms with Crippen LogP contribution in [0.15, 0.2) is 0 Å². The van der Waals surface area contributed by atoms with Gasteiger partial charge in [-0.2, -0.15) is 0 Å². The van der Waals surface area contributed by atoms with Crippen LogP contribution in [0.3, 0.4) is 0 Å². The van der Waals surface area contributed by atoms with Gasteiger partial charge in [-0.1, -0.05) is 58.8 Å². The van der Waals surface area contributed by atoms with Crippen molar-refractivity contribution in [3.05, 3.63) is 0 Å². The number of rotatable bonds is 4. The van der Waals surface area contributed by atoms with Gasteiger partial charge in [-0.25, -0.2) is 0 Å². The topological polar surface area (TPSA) is 46.2 Å². The van der Waals surface area contributed by atoms with E-state index in [0.29, 0.717) is 12.5 Å². The molecule has 0 radical (unpaired) electrons. The van der Waals surface area contributed by atoms with Crippen molar-refractivity contribution in [3.63, 3.8) is 0 Å². The summed E-state index contributed by atoms with van der Waals surface area (Å²) >= 11 is 0. The van der Waals surface area contributed by atoms with Crippen LogP contribution in [0, 0.1) is 17.3 Å². The Balaban J connectivity index is 2.22. The molecule has 0 heterocycles. The Kier molecular flexibility index (Phi) is 4.94. The Hall–Kier alpha value is -0.0800. The first-order valence-electron chi connectivity index (χ1n) is 8.50. The monoisotopic (exact) mass is 267 g/mol. The number of nitrogens with two attached hydrogens (primary N) is 1. The largest absolute Gasteiger partial charge is 0.389 e. The molecule has 0 amide bonds. The van der Waals surface area contributed by atoms with Crippen LogP contribution in [-0.2, 0) is 0 Å². The minimum Gasteiger partial charge on any atom is -0.389 e. The zero-order valence-electron chi connectivity index (χ0n) is 13.0. The Morgan fingerprint density at radius 2 is 1.74 bits per heavy atom. The van der Waals surface area contributed by atoms with Gasteiger partial charge >= 0.3 is 0 Å². The average molecular weight is 267 g/mol. The van der Waals surface area contributed by atoms with Crippen molar-refractivity contribution >= 4 is 0 Å². The number of hydrogen-bond acceptors (Lipinski definition) is 2. The fraction of sp³-hybridized carbons (Fsp3) is 1.00. The van der Waals surface area contributed by atoms with E-state index in [1.807, 2.05) is 0 Å². The Morgan fingerprint density at radius 3 is 2.32 bits per heavy atom. The first-order valence-corrected chi connectivity index (χ1v) is 8.50. The lowest BCUT2D eigenvalue weighted by Crippen LogP contribution is -2.58. The predicted molar refractivity (Wildman–Crippen MR) is 80.9 cm³/mol. The molecule has 2 aliphatic rings. The van der Waals surface area contributed by atoms with E-state index < -0.39 is 5.60 Å². The maximum Gasteiger partial charge on any atom is 0.0743 e. The molecule has 0 bridgehead atoms. The second-order valence-electron chi connectivity index (χ2n) is 7.29. The normalized spacial score (nSPS) is 36.9. The molecule has 2 saturated carbocycles. The predicted octanol–water partition coefficient (Wildman–Crippen LogP) is 3.86. The minimum absolute atomic E-state index is 0.102. The maximum atomic E-state index is 11.5. The third kappa shape index (κ3) is 2.71. The smallest absolute Gasteiger partial charge is 0.0743 e. The van der Waals surface area contributed by atoms with Crippen LogP contribution >= 0.6 is 0 Å². The molecule has 0 aromatic heterocycles. The van der Waals surface area contributed by atoms with Gasteiger partial charge in [0.1, 0.15) is 0 Å². The highest BCUT2D eigenvalue weighted by atomic mass is 16.3. The molecule has 2 aliphatic carbocycles. The molecule has 2 rings (SSSR count). The highest BCUT2D eigenvalue weighted by Crippen LogP contribution is 2.52. The van der Waals surface area contributed by atoms with Gasteiger partial charge in [0.05, 0.1) is 5.60 Å². The van der Waals surface area contributed by atoms with Gasteiger partial charge in [0.25, 0.3) is 0 Å². The number of aliphatic hydroxyl groups is 1. The van der Waals surface area contributed by atoms with E-state index in [9.17, 15) is 5.11 Å².